The largest absolute Gasteiger partial charge is 0.376 e. The molecule has 0 saturated heterocycles. The lowest BCUT2D eigenvalue weighted by Gasteiger charge is -2.15. The van der Waals surface area contributed by atoms with Gasteiger partial charge in [-0.05, 0) is 6.92 Å². The average Bonchev–Trinajstić information content (AvgIpc) is 2.04. The maximum absolute atomic E-state index is 5.29. The fourth-order valence-electron chi connectivity index (χ4n) is 1.38. The van der Waals surface area contributed by atoms with Crippen molar-refractivity contribution in [2.45, 2.75) is 20.0 Å². The summed E-state index contributed by atoms with van der Waals surface area (Å²) < 4.78 is 5.97. The first kappa shape index (κ1) is 7.89. The summed E-state index contributed by atoms with van der Waals surface area (Å²) in [6.07, 6.45) is 0.919. The summed E-state index contributed by atoms with van der Waals surface area (Å²) in [5.74, 6) is 0.889. The summed E-state index contributed by atoms with van der Waals surface area (Å²) in [6, 6.07) is 0. The third-order valence-electron chi connectivity index (χ3n) is 1.97. The smallest absolute Gasteiger partial charge is 0.135 e. The Labute approximate surface area is 75.8 Å². The van der Waals surface area contributed by atoms with Crippen molar-refractivity contribution in [1.82, 2.24) is 9.97 Å². The van der Waals surface area contributed by atoms with Crippen LogP contribution in [0.1, 0.15) is 17.1 Å². The van der Waals surface area contributed by atoms with Gasteiger partial charge in [-0.1, -0.05) is 12.2 Å². The molecule has 0 aromatic carbocycles. The van der Waals surface area contributed by atoms with E-state index in [1.165, 1.54) is 5.69 Å². The topological polar surface area (TPSA) is 37.9 Å². The van der Waals surface area contributed by atoms with Gasteiger partial charge in [0.2, 0.25) is 0 Å². The van der Waals surface area contributed by atoms with Crippen molar-refractivity contribution in [2.75, 3.05) is 6.61 Å². The van der Waals surface area contributed by atoms with Gasteiger partial charge in [-0.3, -0.25) is 0 Å². The first-order valence-corrected chi connectivity index (χ1v) is 4.34. The van der Waals surface area contributed by atoms with Crippen LogP contribution in [0.4, 0.5) is 0 Å². The molecule has 0 unspecified atom stereocenters. The van der Waals surface area contributed by atoms with E-state index in [1.54, 1.807) is 0 Å². The van der Waals surface area contributed by atoms with Crippen molar-refractivity contribution in [1.29, 1.82) is 0 Å². The molecule has 0 saturated carbocycles. The average molecular weight is 182 g/mol. The van der Waals surface area contributed by atoms with Gasteiger partial charge in [-0.25, -0.2) is 4.98 Å². The number of hydrogen-bond acceptors (Lipinski definition) is 3. The number of rotatable bonds is 0. The van der Waals surface area contributed by atoms with Crippen LogP contribution in [0.2, 0.25) is 0 Å². The predicted octanol–water partition coefficient (Wildman–Crippen LogP) is 1.52. The van der Waals surface area contributed by atoms with Crippen molar-refractivity contribution < 1.29 is 4.74 Å². The lowest BCUT2D eigenvalue weighted by Crippen LogP contribution is -2.14. The fraction of sp³-hybridized carbons (Fsp3) is 0.500. The second kappa shape index (κ2) is 2.95. The molecule has 0 atom stereocenters. The molecule has 4 heteroatoms. The summed E-state index contributed by atoms with van der Waals surface area (Å²) in [4.78, 5) is 7.38. The zero-order valence-corrected chi connectivity index (χ0v) is 7.70. The molecule has 2 heterocycles. The van der Waals surface area contributed by atoms with Gasteiger partial charge < -0.3 is 9.72 Å². The summed E-state index contributed by atoms with van der Waals surface area (Å²) in [7, 11) is 0. The molecule has 0 bridgehead atoms. The normalized spacial score (nSPS) is 15.8. The van der Waals surface area contributed by atoms with Gasteiger partial charge in [0.15, 0.2) is 0 Å². The van der Waals surface area contributed by atoms with E-state index in [1.807, 2.05) is 6.92 Å². The Balaban J connectivity index is 2.60. The van der Waals surface area contributed by atoms with E-state index < -0.39 is 0 Å². The second-order valence-electron chi connectivity index (χ2n) is 2.89. The second-order valence-corrected chi connectivity index (χ2v) is 3.27. The molecule has 1 N–H and O–H groups in total. The highest BCUT2D eigenvalue weighted by Crippen LogP contribution is 2.14. The Morgan fingerprint density at radius 3 is 3.25 bits per heavy atom. The minimum Gasteiger partial charge on any atom is -0.376 e. The van der Waals surface area contributed by atoms with Crippen LogP contribution >= 0.6 is 12.2 Å². The maximum atomic E-state index is 5.29. The number of aromatic nitrogens is 2. The minimum atomic E-state index is 0.609. The van der Waals surface area contributed by atoms with Crippen LogP contribution in [-0.2, 0) is 17.8 Å². The molecular weight excluding hydrogens is 172 g/mol. The van der Waals surface area contributed by atoms with Gasteiger partial charge >= 0.3 is 0 Å². The number of hydrogen-bond donors (Lipinski definition) is 1. The van der Waals surface area contributed by atoms with Crippen molar-refractivity contribution in [3.63, 3.8) is 0 Å². The molecule has 0 spiro atoms. The van der Waals surface area contributed by atoms with Crippen LogP contribution in [0.25, 0.3) is 0 Å². The van der Waals surface area contributed by atoms with Gasteiger partial charge in [0.25, 0.3) is 0 Å². The van der Waals surface area contributed by atoms with Crippen LogP contribution in [0, 0.1) is 11.6 Å². The SMILES string of the molecule is Cc1nc(=S)c2c([nH]1)CCOC2. The lowest BCUT2D eigenvalue weighted by molar-refractivity contribution is 0.108. The molecule has 12 heavy (non-hydrogen) atoms. The van der Waals surface area contributed by atoms with Crippen molar-refractivity contribution >= 4 is 12.2 Å². The third kappa shape index (κ3) is 1.28. The van der Waals surface area contributed by atoms with Gasteiger partial charge in [0, 0.05) is 17.7 Å². The van der Waals surface area contributed by atoms with E-state index in [0.717, 1.165) is 24.4 Å². The summed E-state index contributed by atoms with van der Waals surface area (Å²) in [6.45, 7) is 3.31. The third-order valence-corrected chi connectivity index (χ3v) is 2.30. The maximum Gasteiger partial charge on any atom is 0.135 e. The Kier molecular flexibility index (Phi) is 1.94. The van der Waals surface area contributed by atoms with Crippen LogP contribution in [0.5, 0.6) is 0 Å². The highest BCUT2D eigenvalue weighted by molar-refractivity contribution is 7.71. The van der Waals surface area contributed by atoms with Crippen molar-refractivity contribution in [2.24, 2.45) is 0 Å². The van der Waals surface area contributed by atoms with Gasteiger partial charge in [0.1, 0.15) is 10.5 Å². The Bertz CT molecular complexity index is 359. The van der Waals surface area contributed by atoms with Crippen LogP contribution in [0.15, 0.2) is 0 Å². The summed E-state index contributed by atoms with van der Waals surface area (Å²) in [5.41, 5.74) is 2.25. The molecule has 3 nitrogen and oxygen atoms in total. The Morgan fingerprint density at radius 2 is 2.42 bits per heavy atom. The zero-order chi connectivity index (χ0) is 8.55. The van der Waals surface area contributed by atoms with Gasteiger partial charge in [-0.15, -0.1) is 0 Å². The Hall–Kier alpha value is -0.740. The number of aromatic amines is 1. The Morgan fingerprint density at radius 1 is 1.58 bits per heavy atom. The molecule has 64 valence electrons. The molecular formula is C8H10N2OS. The molecule has 0 aliphatic carbocycles. The minimum absolute atomic E-state index is 0.609. The molecule has 1 aliphatic rings. The van der Waals surface area contributed by atoms with E-state index in [9.17, 15) is 0 Å². The number of H-pyrrole nitrogens is 1. The molecule has 0 amide bonds. The summed E-state index contributed by atoms with van der Waals surface area (Å²) in [5, 5.41) is 0. The fourth-order valence-corrected chi connectivity index (χ4v) is 1.70. The first-order valence-electron chi connectivity index (χ1n) is 3.94. The number of nitrogens with one attached hydrogen (secondary N) is 1. The number of nitrogens with zero attached hydrogens (tertiary/aromatic N) is 1. The number of fused-ring (bicyclic) bond motifs is 1. The quantitative estimate of drug-likeness (QED) is 0.618. The highest BCUT2D eigenvalue weighted by Gasteiger charge is 2.11. The number of aryl methyl sites for hydroxylation is 1. The van der Waals surface area contributed by atoms with E-state index >= 15 is 0 Å². The monoisotopic (exact) mass is 182 g/mol. The first-order chi connectivity index (χ1) is 5.77. The molecule has 0 fully saturated rings. The van der Waals surface area contributed by atoms with Crippen molar-refractivity contribution in [3.8, 4) is 0 Å². The van der Waals surface area contributed by atoms with E-state index in [4.69, 9.17) is 17.0 Å². The van der Waals surface area contributed by atoms with E-state index in [2.05, 4.69) is 9.97 Å². The lowest BCUT2D eigenvalue weighted by atomic mass is 10.1. The van der Waals surface area contributed by atoms with Crippen LogP contribution in [-0.4, -0.2) is 16.6 Å². The van der Waals surface area contributed by atoms with Crippen LogP contribution < -0.4 is 0 Å². The zero-order valence-electron chi connectivity index (χ0n) is 6.89. The van der Waals surface area contributed by atoms with Gasteiger partial charge in [0.05, 0.1) is 13.2 Å². The summed E-state index contributed by atoms with van der Waals surface area (Å²) >= 11 is 5.12. The van der Waals surface area contributed by atoms with E-state index in [-0.39, 0.29) is 0 Å². The van der Waals surface area contributed by atoms with Crippen molar-refractivity contribution in [3.05, 3.63) is 21.7 Å². The molecule has 1 aromatic heterocycles. The number of ether oxygens (including phenoxy) is 1. The molecule has 2 rings (SSSR count). The molecule has 1 aliphatic heterocycles. The van der Waals surface area contributed by atoms with Crippen LogP contribution in [0.3, 0.4) is 0 Å². The standard InChI is InChI=1S/C8H10N2OS/c1-5-9-7-2-3-11-4-6(7)8(12)10-5/h2-4H2,1H3,(H,9,10,12). The van der Waals surface area contributed by atoms with E-state index in [0.29, 0.717) is 11.2 Å². The molecule has 1 aromatic rings. The highest BCUT2D eigenvalue weighted by atomic mass is 32.1. The molecule has 0 radical (unpaired) electrons. The van der Waals surface area contributed by atoms with Gasteiger partial charge in [-0.2, -0.15) is 0 Å². The predicted molar refractivity (Wildman–Crippen MR) is 47.5 cm³/mol.